The van der Waals surface area contributed by atoms with Crippen LogP contribution in [-0.4, -0.2) is 20.7 Å². The number of hydrogen-bond acceptors (Lipinski definition) is 5. The molecule has 2 heterocycles. The lowest BCUT2D eigenvalue weighted by molar-refractivity contribution is 0.0436. The number of ether oxygens (including phenoxy) is 1. The van der Waals surface area contributed by atoms with Gasteiger partial charge in [0.25, 0.3) is 0 Å². The standard InChI is InChI=1S/C17H15ClFN3O3/c1-9-11(3)25-14(20-9)8-24-17(23)15-10(2)21-22(16(15)18)13-6-4-12(19)5-7-13/h4-7H,8H2,1-3H3. The van der Waals surface area contributed by atoms with E-state index in [0.717, 1.165) is 5.69 Å². The molecule has 0 amide bonds. The number of rotatable bonds is 4. The fraction of sp³-hybridized carbons (Fsp3) is 0.235. The molecule has 0 fully saturated rings. The fourth-order valence-electron chi connectivity index (χ4n) is 2.28. The van der Waals surface area contributed by atoms with E-state index >= 15 is 0 Å². The minimum absolute atomic E-state index is 0.0915. The Hall–Kier alpha value is -2.67. The lowest BCUT2D eigenvalue weighted by Gasteiger charge is -2.04. The molecule has 0 radical (unpaired) electrons. The third-order valence-electron chi connectivity index (χ3n) is 3.68. The van der Waals surface area contributed by atoms with Gasteiger partial charge in [0.1, 0.15) is 22.3 Å². The van der Waals surface area contributed by atoms with Gasteiger partial charge in [-0.2, -0.15) is 5.10 Å². The number of esters is 1. The Balaban J connectivity index is 1.82. The zero-order valence-corrected chi connectivity index (χ0v) is 14.6. The summed E-state index contributed by atoms with van der Waals surface area (Å²) in [6, 6.07) is 5.60. The molecule has 2 aromatic heterocycles. The first-order chi connectivity index (χ1) is 11.9. The van der Waals surface area contributed by atoms with Crippen LogP contribution >= 0.6 is 11.6 Å². The van der Waals surface area contributed by atoms with Crippen molar-refractivity contribution in [3.8, 4) is 5.69 Å². The molecule has 3 aromatic rings. The van der Waals surface area contributed by atoms with Crippen molar-refractivity contribution < 1.29 is 18.3 Å². The number of aryl methyl sites for hydroxylation is 3. The van der Waals surface area contributed by atoms with Crippen molar-refractivity contribution in [2.75, 3.05) is 0 Å². The van der Waals surface area contributed by atoms with Crippen LogP contribution in [-0.2, 0) is 11.3 Å². The average Bonchev–Trinajstić information content (AvgIpc) is 3.05. The minimum atomic E-state index is -0.635. The molecule has 0 unspecified atom stereocenters. The van der Waals surface area contributed by atoms with Crippen molar-refractivity contribution in [3.63, 3.8) is 0 Å². The normalized spacial score (nSPS) is 10.9. The summed E-state index contributed by atoms with van der Waals surface area (Å²) in [6.07, 6.45) is 0. The lowest BCUT2D eigenvalue weighted by atomic mass is 10.2. The van der Waals surface area contributed by atoms with Gasteiger partial charge in [0, 0.05) is 0 Å². The third kappa shape index (κ3) is 3.41. The molecule has 1 aromatic carbocycles. The van der Waals surface area contributed by atoms with E-state index in [9.17, 15) is 9.18 Å². The minimum Gasteiger partial charge on any atom is -0.452 e. The number of oxazole rings is 1. The van der Waals surface area contributed by atoms with E-state index in [-0.39, 0.29) is 23.1 Å². The molecule has 0 N–H and O–H groups in total. The molecule has 0 aliphatic heterocycles. The number of benzene rings is 1. The van der Waals surface area contributed by atoms with Crippen LogP contribution < -0.4 is 0 Å². The summed E-state index contributed by atoms with van der Waals surface area (Å²) < 4.78 is 25.0. The first kappa shape index (κ1) is 17.2. The quantitative estimate of drug-likeness (QED) is 0.657. The predicted octanol–water partition coefficient (Wildman–Crippen LogP) is 3.94. The second kappa shape index (κ2) is 6.68. The maximum atomic E-state index is 13.1. The van der Waals surface area contributed by atoms with Crippen LogP contribution in [0.15, 0.2) is 28.7 Å². The van der Waals surface area contributed by atoms with Gasteiger partial charge < -0.3 is 9.15 Å². The number of halogens is 2. The van der Waals surface area contributed by atoms with Gasteiger partial charge >= 0.3 is 5.97 Å². The summed E-state index contributed by atoms with van der Waals surface area (Å²) in [6.45, 7) is 5.12. The highest BCUT2D eigenvalue weighted by molar-refractivity contribution is 6.33. The molecule has 130 valence electrons. The molecule has 3 rings (SSSR count). The Morgan fingerprint density at radius 1 is 1.24 bits per heavy atom. The Bertz CT molecular complexity index is 912. The molecule has 0 saturated carbocycles. The Morgan fingerprint density at radius 2 is 1.92 bits per heavy atom. The van der Waals surface area contributed by atoms with E-state index in [1.54, 1.807) is 20.8 Å². The van der Waals surface area contributed by atoms with E-state index in [1.807, 2.05) is 0 Å². The summed E-state index contributed by atoms with van der Waals surface area (Å²) >= 11 is 6.28. The monoisotopic (exact) mass is 363 g/mol. The molecule has 0 saturated heterocycles. The molecule has 8 heteroatoms. The fourth-order valence-corrected chi connectivity index (χ4v) is 2.63. The highest BCUT2D eigenvalue weighted by Gasteiger charge is 2.23. The maximum absolute atomic E-state index is 13.1. The van der Waals surface area contributed by atoms with Gasteiger partial charge in [-0.3, -0.25) is 0 Å². The van der Waals surface area contributed by atoms with Crippen molar-refractivity contribution in [3.05, 3.63) is 63.8 Å². The molecule has 0 bridgehead atoms. The number of aromatic nitrogens is 3. The van der Waals surface area contributed by atoms with Gasteiger partial charge in [0.05, 0.1) is 17.1 Å². The third-order valence-corrected chi connectivity index (χ3v) is 4.03. The average molecular weight is 364 g/mol. The molecular formula is C17H15ClFN3O3. The zero-order chi connectivity index (χ0) is 18.1. The van der Waals surface area contributed by atoms with Crippen molar-refractivity contribution in [1.29, 1.82) is 0 Å². The van der Waals surface area contributed by atoms with Crippen LogP contribution in [0.25, 0.3) is 5.69 Å². The molecule has 25 heavy (non-hydrogen) atoms. The lowest BCUT2D eigenvalue weighted by Crippen LogP contribution is -2.07. The Kier molecular flexibility index (Phi) is 4.59. The van der Waals surface area contributed by atoms with E-state index in [0.29, 0.717) is 23.0 Å². The van der Waals surface area contributed by atoms with Gasteiger partial charge in [0.15, 0.2) is 6.61 Å². The first-order valence-corrected chi connectivity index (χ1v) is 7.85. The summed E-state index contributed by atoms with van der Waals surface area (Å²) in [5, 5.41) is 4.32. The second-order valence-electron chi connectivity index (χ2n) is 5.46. The van der Waals surface area contributed by atoms with Crippen molar-refractivity contribution >= 4 is 17.6 Å². The molecular weight excluding hydrogens is 349 g/mol. The highest BCUT2D eigenvalue weighted by Crippen LogP contribution is 2.25. The SMILES string of the molecule is Cc1nc(COC(=O)c2c(C)nn(-c3ccc(F)cc3)c2Cl)oc1C. The second-order valence-corrected chi connectivity index (χ2v) is 5.82. The Morgan fingerprint density at radius 3 is 2.52 bits per heavy atom. The molecule has 0 aliphatic carbocycles. The van der Waals surface area contributed by atoms with Gasteiger partial charge in [0.2, 0.25) is 5.89 Å². The van der Waals surface area contributed by atoms with E-state index < -0.39 is 5.97 Å². The smallest absolute Gasteiger partial charge is 0.343 e. The van der Waals surface area contributed by atoms with Gasteiger partial charge in [-0.15, -0.1) is 0 Å². The van der Waals surface area contributed by atoms with E-state index in [1.165, 1.54) is 28.9 Å². The Labute approximate surface area is 148 Å². The summed E-state index contributed by atoms with van der Waals surface area (Å²) in [4.78, 5) is 16.5. The van der Waals surface area contributed by atoms with Gasteiger partial charge in [-0.1, -0.05) is 11.6 Å². The molecule has 0 atom stereocenters. The van der Waals surface area contributed by atoms with Gasteiger partial charge in [-0.25, -0.2) is 18.9 Å². The zero-order valence-electron chi connectivity index (χ0n) is 13.8. The van der Waals surface area contributed by atoms with Crippen molar-refractivity contribution in [2.24, 2.45) is 0 Å². The number of hydrogen-bond donors (Lipinski definition) is 0. The maximum Gasteiger partial charge on any atom is 0.343 e. The van der Waals surface area contributed by atoms with E-state index in [4.69, 9.17) is 20.8 Å². The van der Waals surface area contributed by atoms with Gasteiger partial charge in [-0.05, 0) is 45.0 Å². The largest absolute Gasteiger partial charge is 0.452 e. The molecule has 0 spiro atoms. The molecule has 0 aliphatic rings. The van der Waals surface area contributed by atoms with Crippen LogP contribution in [0.5, 0.6) is 0 Å². The van der Waals surface area contributed by atoms with Crippen LogP contribution in [0.2, 0.25) is 5.15 Å². The topological polar surface area (TPSA) is 70.2 Å². The number of carbonyl (C=O) groups is 1. The predicted molar refractivity (Wildman–Crippen MR) is 88.4 cm³/mol. The van der Waals surface area contributed by atoms with Crippen molar-refractivity contribution in [1.82, 2.24) is 14.8 Å². The highest BCUT2D eigenvalue weighted by atomic mass is 35.5. The van der Waals surface area contributed by atoms with Crippen LogP contribution in [0.4, 0.5) is 4.39 Å². The summed E-state index contributed by atoms with van der Waals surface area (Å²) in [5.74, 6) is -0.0308. The summed E-state index contributed by atoms with van der Waals surface area (Å²) in [7, 11) is 0. The van der Waals surface area contributed by atoms with Crippen molar-refractivity contribution in [2.45, 2.75) is 27.4 Å². The molecule has 6 nitrogen and oxygen atoms in total. The number of nitrogens with zero attached hydrogens (tertiary/aromatic N) is 3. The van der Waals surface area contributed by atoms with Crippen LogP contribution in [0, 0.1) is 26.6 Å². The summed E-state index contributed by atoms with van der Waals surface area (Å²) in [5.41, 5.74) is 1.82. The van der Waals surface area contributed by atoms with Crippen LogP contribution in [0.3, 0.4) is 0 Å². The number of carbonyl (C=O) groups excluding carboxylic acids is 1. The van der Waals surface area contributed by atoms with Crippen LogP contribution in [0.1, 0.15) is 33.4 Å². The van der Waals surface area contributed by atoms with E-state index in [2.05, 4.69) is 10.1 Å². The first-order valence-electron chi connectivity index (χ1n) is 7.48.